The number of rotatable bonds is 5. The van der Waals surface area contributed by atoms with Gasteiger partial charge in [0.25, 0.3) is 0 Å². The molecule has 0 spiro atoms. The van der Waals surface area contributed by atoms with E-state index in [1.165, 1.54) is 0 Å². The number of hydrogen-bond acceptors (Lipinski definition) is 5. The number of urea groups is 1. The summed E-state index contributed by atoms with van der Waals surface area (Å²) in [5.41, 5.74) is 1.43. The van der Waals surface area contributed by atoms with Crippen molar-refractivity contribution in [3.8, 4) is 5.75 Å². The zero-order valence-electron chi connectivity index (χ0n) is 17.8. The predicted molar refractivity (Wildman–Crippen MR) is 121 cm³/mol. The number of aliphatic hydroxyl groups excluding tert-OH is 1. The first-order chi connectivity index (χ1) is 15.4. The van der Waals surface area contributed by atoms with Gasteiger partial charge in [-0.05, 0) is 55.7 Å². The lowest BCUT2D eigenvalue weighted by Crippen LogP contribution is -2.54. The first-order valence-corrected chi connectivity index (χ1v) is 11.1. The molecule has 32 heavy (non-hydrogen) atoms. The highest BCUT2D eigenvalue weighted by Crippen LogP contribution is 2.33. The zero-order valence-corrected chi connectivity index (χ0v) is 18.6. The van der Waals surface area contributed by atoms with Crippen molar-refractivity contribution in [1.82, 2.24) is 15.2 Å². The van der Waals surface area contributed by atoms with Gasteiger partial charge in [-0.15, -0.1) is 0 Å². The molecular formula is C23H27ClN4O4. The minimum Gasteiger partial charge on any atom is -0.495 e. The molecule has 0 radical (unpaired) electrons. The fraction of sp³-hybridized carbons (Fsp3) is 0.435. The lowest BCUT2D eigenvalue weighted by atomic mass is 9.80. The maximum Gasteiger partial charge on any atom is 0.319 e. The molecule has 2 aliphatic rings. The highest BCUT2D eigenvalue weighted by molar-refractivity contribution is 6.30. The number of carbonyl (C=O) groups is 2. The molecule has 2 aromatic rings. The number of benzene rings is 1. The monoisotopic (exact) mass is 458 g/mol. The van der Waals surface area contributed by atoms with Crippen LogP contribution < -0.4 is 15.4 Å². The molecule has 1 aliphatic carbocycles. The largest absolute Gasteiger partial charge is 0.495 e. The molecule has 1 aromatic carbocycles. The maximum absolute atomic E-state index is 12.9. The summed E-state index contributed by atoms with van der Waals surface area (Å²) in [6.07, 6.45) is 2.91. The van der Waals surface area contributed by atoms with Crippen LogP contribution in [0.1, 0.15) is 30.9 Å². The summed E-state index contributed by atoms with van der Waals surface area (Å²) >= 11 is 5.91. The first-order valence-electron chi connectivity index (χ1n) is 10.7. The standard InChI is InChI=1S/C23H27ClN4O4/c1-32-18-6-7-20(25-12-18)19-13-28(22(30)14-10-17(29)11-14)9-8-21(19)27-23(31)26-16-4-2-15(24)3-5-16/h2-7,12,14,17,19,21,29H,8-11,13H2,1H3,(H2,26,27,31)/t14?,17?,19-,21+/m0/s1. The van der Waals surface area contributed by atoms with E-state index in [2.05, 4.69) is 15.6 Å². The lowest BCUT2D eigenvalue weighted by molar-refractivity contribution is -0.143. The number of anilines is 1. The van der Waals surface area contributed by atoms with Crippen LogP contribution in [0.15, 0.2) is 42.6 Å². The van der Waals surface area contributed by atoms with E-state index in [1.807, 2.05) is 17.0 Å². The van der Waals surface area contributed by atoms with Crippen molar-refractivity contribution in [2.45, 2.75) is 37.3 Å². The normalized spacial score (nSPS) is 24.9. The highest BCUT2D eigenvalue weighted by atomic mass is 35.5. The summed E-state index contributed by atoms with van der Waals surface area (Å²) in [5.74, 6) is 0.426. The number of methoxy groups -OCH3 is 1. The highest BCUT2D eigenvalue weighted by Gasteiger charge is 2.40. The summed E-state index contributed by atoms with van der Waals surface area (Å²) < 4.78 is 5.21. The minimum absolute atomic E-state index is 0.0675. The number of amides is 3. The number of halogens is 1. The van der Waals surface area contributed by atoms with Crippen molar-refractivity contribution in [3.05, 3.63) is 53.3 Å². The van der Waals surface area contributed by atoms with Crippen LogP contribution in [0.3, 0.4) is 0 Å². The van der Waals surface area contributed by atoms with Crippen molar-refractivity contribution in [2.24, 2.45) is 5.92 Å². The van der Waals surface area contributed by atoms with Crippen LogP contribution in [-0.2, 0) is 4.79 Å². The van der Waals surface area contributed by atoms with E-state index in [1.54, 1.807) is 37.6 Å². The van der Waals surface area contributed by atoms with E-state index < -0.39 is 0 Å². The lowest BCUT2D eigenvalue weighted by Gasteiger charge is -2.42. The topological polar surface area (TPSA) is 104 Å². The van der Waals surface area contributed by atoms with Crippen molar-refractivity contribution >= 4 is 29.2 Å². The first kappa shape index (κ1) is 22.4. The summed E-state index contributed by atoms with van der Waals surface area (Å²) in [6, 6.07) is 10.1. The van der Waals surface area contributed by atoms with Gasteiger partial charge in [0.15, 0.2) is 0 Å². The van der Waals surface area contributed by atoms with Gasteiger partial charge in [-0.1, -0.05) is 11.6 Å². The summed E-state index contributed by atoms with van der Waals surface area (Å²) in [4.78, 5) is 31.9. The van der Waals surface area contributed by atoms with E-state index >= 15 is 0 Å². The van der Waals surface area contributed by atoms with E-state index in [-0.39, 0.29) is 35.9 Å². The maximum atomic E-state index is 12.9. The fourth-order valence-corrected chi connectivity index (χ4v) is 4.40. The summed E-state index contributed by atoms with van der Waals surface area (Å²) in [7, 11) is 1.58. The molecule has 2 atom stereocenters. The number of ether oxygens (including phenoxy) is 1. The number of nitrogens with one attached hydrogen (secondary N) is 2. The predicted octanol–water partition coefficient (Wildman–Crippen LogP) is 3.02. The average molecular weight is 459 g/mol. The molecule has 9 heteroatoms. The van der Waals surface area contributed by atoms with Crippen LogP contribution in [0.2, 0.25) is 5.02 Å². The quantitative estimate of drug-likeness (QED) is 0.639. The van der Waals surface area contributed by atoms with Gasteiger partial charge in [-0.25, -0.2) is 4.79 Å². The Morgan fingerprint density at radius 2 is 1.94 bits per heavy atom. The van der Waals surface area contributed by atoms with Gasteiger partial charge in [-0.3, -0.25) is 9.78 Å². The molecule has 0 unspecified atom stereocenters. The fourth-order valence-electron chi connectivity index (χ4n) is 4.27. The Bertz CT molecular complexity index is 947. The molecule has 2 heterocycles. The second-order valence-corrected chi connectivity index (χ2v) is 8.77. The summed E-state index contributed by atoms with van der Waals surface area (Å²) in [5, 5.41) is 16.0. The third-order valence-corrected chi connectivity index (χ3v) is 6.43. The second kappa shape index (κ2) is 9.75. The van der Waals surface area contributed by atoms with Crippen LogP contribution in [0.5, 0.6) is 5.75 Å². The summed E-state index contributed by atoms with van der Waals surface area (Å²) in [6.45, 7) is 1.00. The van der Waals surface area contributed by atoms with Gasteiger partial charge in [0.2, 0.25) is 5.91 Å². The van der Waals surface area contributed by atoms with Gasteiger partial charge in [0.05, 0.1) is 19.4 Å². The molecule has 1 aromatic heterocycles. The smallest absolute Gasteiger partial charge is 0.319 e. The van der Waals surface area contributed by atoms with Crippen LogP contribution in [0.4, 0.5) is 10.5 Å². The Morgan fingerprint density at radius 3 is 2.56 bits per heavy atom. The number of carbonyl (C=O) groups excluding carboxylic acids is 2. The van der Waals surface area contributed by atoms with Gasteiger partial charge in [0, 0.05) is 47.4 Å². The molecule has 2 fully saturated rings. The van der Waals surface area contributed by atoms with E-state index in [9.17, 15) is 14.7 Å². The molecule has 0 bridgehead atoms. The Morgan fingerprint density at radius 1 is 1.19 bits per heavy atom. The molecule has 3 N–H and O–H groups in total. The van der Waals surface area contributed by atoms with Crippen molar-refractivity contribution in [2.75, 3.05) is 25.5 Å². The molecule has 170 valence electrons. The Labute approximate surface area is 191 Å². The van der Waals surface area contributed by atoms with Crippen molar-refractivity contribution < 1.29 is 19.4 Å². The van der Waals surface area contributed by atoms with Gasteiger partial charge in [0.1, 0.15) is 5.75 Å². The van der Waals surface area contributed by atoms with Crippen LogP contribution in [-0.4, -0.2) is 59.3 Å². The molecule has 8 nitrogen and oxygen atoms in total. The second-order valence-electron chi connectivity index (χ2n) is 8.34. The molecule has 3 amide bonds. The number of nitrogens with zero attached hydrogens (tertiary/aromatic N) is 2. The van der Waals surface area contributed by atoms with Gasteiger partial charge < -0.3 is 25.4 Å². The Hall–Kier alpha value is -2.84. The third kappa shape index (κ3) is 5.14. The van der Waals surface area contributed by atoms with Crippen LogP contribution in [0, 0.1) is 5.92 Å². The number of hydrogen-bond donors (Lipinski definition) is 3. The van der Waals surface area contributed by atoms with Crippen LogP contribution in [0.25, 0.3) is 0 Å². The molecule has 1 saturated carbocycles. The zero-order chi connectivity index (χ0) is 22.7. The van der Waals surface area contributed by atoms with Gasteiger partial charge >= 0.3 is 6.03 Å². The van der Waals surface area contributed by atoms with E-state index in [0.29, 0.717) is 48.8 Å². The van der Waals surface area contributed by atoms with Crippen LogP contribution >= 0.6 is 11.6 Å². The Balaban J connectivity index is 1.47. The minimum atomic E-state index is -0.376. The molecule has 4 rings (SSSR count). The van der Waals surface area contributed by atoms with E-state index in [0.717, 1.165) is 5.69 Å². The Kier molecular flexibility index (Phi) is 6.81. The molecular weight excluding hydrogens is 432 g/mol. The van der Waals surface area contributed by atoms with Crippen molar-refractivity contribution in [3.63, 3.8) is 0 Å². The van der Waals surface area contributed by atoms with Crippen molar-refractivity contribution in [1.29, 1.82) is 0 Å². The van der Waals surface area contributed by atoms with E-state index in [4.69, 9.17) is 16.3 Å². The average Bonchev–Trinajstić information content (AvgIpc) is 2.78. The number of aliphatic hydroxyl groups is 1. The number of aromatic nitrogens is 1. The molecule has 1 saturated heterocycles. The number of likely N-dealkylation sites (tertiary alicyclic amines) is 1. The number of pyridine rings is 1. The molecule has 1 aliphatic heterocycles. The van der Waals surface area contributed by atoms with Gasteiger partial charge in [-0.2, -0.15) is 0 Å². The number of piperidine rings is 1. The SMILES string of the molecule is COc1ccc([C@@H]2CN(C(=O)C3CC(O)C3)CC[C@H]2NC(=O)Nc2ccc(Cl)cc2)nc1. The third-order valence-electron chi connectivity index (χ3n) is 6.18.